The number of halogens is 1. The third-order valence-corrected chi connectivity index (χ3v) is 2.95. The van der Waals surface area contributed by atoms with Gasteiger partial charge in [-0.05, 0) is 24.6 Å². The summed E-state index contributed by atoms with van der Waals surface area (Å²) in [4.78, 5) is 12.9. The Kier molecular flexibility index (Phi) is 2.82. The molecule has 1 aliphatic rings. The summed E-state index contributed by atoms with van der Waals surface area (Å²) in [5.41, 5.74) is 1.27. The number of rotatable bonds is 2. The van der Waals surface area contributed by atoms with Crippen molar-refractivity contribution in [2.45, 2.75) is 11.8 Å². The summed E-state index contributed by atoms with van der Waals surface area (Å²) >= 11 is 6.00. The highest BCUT2D eigenvalue weighted by Gasteiger charge is 2.20. The monoisotopic (exact) mass is 225 g/mol. The molecular formula is C11H12ClNO2. The maximum absolute atomic E-state index is 10.8. The lowest BCUT2D eigenvalue weighted by molar-refractivity contribution is 0.0697. The van der Waals surface area contributed by atoms with Crippen LogP contribution >= 0.6 is 11.6 Å². The Balaban J connectivity index is 2.21. The first-order valence-corrected chi connectivity index (χ1v) is 5.33. The molecule has 0 saturated carbocycles. The van der Waals surface area contributed by atoms with Crippen LogP contribution < -0.4 is 4.90 Å². The number of hydrogen-bond acceptors (Lipinski definition) is 2. The summed E-state index contributed by atoms with van der Waals surface area (Å²) < 4.78 is 0. The summed E-state index contributed by atoms with van der Waals surface area (Å²) in [5.74, 6) is -0.890. The van der Waals surface area contributed by atoms with Crippen LogP contribution in [0.25, 0.3) is 0 Å². The Morgan fingerprint density at radius 2 is 2.33 bits per heavy atom. The van der Waals surface area contributed by atoms with E-state index in [0.29, 0.717) is 5.56 Å². The van der Waals surface area contributed by atoms with Gasteiger partial charge in [-0.3, -0.25) is 0 Å². The van der Waals surface area contributed by atoms with Gasteiger partial charge >= 0.3 is 5.97 Å². The van der Waals surface area contributed by atoms with Crippen LogP contribution in [0.15, 0.2) is 24.3 Å². The molecule has 4 heteroatoms. The minimum Gasteiger partial charge on any atom is -0.478 e. The van der Waals surface area contributed by atoms with E-state index in [4.69, 9.17) is 16.7 Å². The maximum atomic E-state index is 10.8. The topological polar surface area (TPSA) is 40.5 Å². The number of alkyl halides is 1. The van der Waals surface area contributed by atoms with Gasteiger partial charge in [0.25, 0.3) is 0 Å². The van der Waals surface area contributed by atoms with E-state index in [9.17, 15) is 4.79 Å². The molecular weight excluding hydrogens is 214 g/mol. The van der Waals surface area contributed by atoms with E-state index in [1.165, 1.54) is 0 Å². The normalized spacial score (nSPS) is 20.6. The van der Waals surface area contributed by atoms with Crippen molar-refractivity contribution in [2.75, 3.05) is 18.0 Å². The van der Waals surface area contributed by atoms with Crippen molar-refractivity contribution >= 4 is 23.3 Å². The number of benzene rings is 1. The molecule has 2 rings (SSSR count). The van der Waals surface area contributed by atoms with Gasteiger partial charge in [0.2, 0.25) is 0 Å². The van der Waals surface area contributed by atoms with E-state index in [-0.39, 0.29) is 5.38 Å². The third-order valence-electron chi connectivity index (χ3n) is 2.59. The first-order chi connectivity index (χ1) is 7.16. The number of aromatic carboxylic acids is 1. The Hall–Kier alpha value is -1.22. The van der Waals surface area contributed by atoms with Gasteiger partial charge in [-0.15, -0.1) is 11.6 Å². The Morgan fingerprint density at radius 3 is 2.93 bits per heavy atom. The van der Waals surface area contributed by atoms with Crippen LogP contribution in [0.2, 0.25) is 0 Å². The molecule has 1 atom stereocenters. The molecule has 0 amide bonds. The molecule has 1 aromatic carbocycles. The average Bonchev–Trinajstić information content (AvgIpc) is 2.65. The fourth-order valence-electron chi connectivity index (χ4n) is 1.79. The number of carboxylic acid groups (broad SMARTS) is 1. The van der Waals surface area contributed by atoms with Crippen LogP contribution in [0.1, 0.15) is 16.8 Å². The van der Waals surface area contributed by atoms with Gasteiger partial charge in [0, 0.05) is 18.8 Å². The molecule has 0 aromatic heterocycles. The highest BCUT2D eigenvalue weighted by Crippen LogP contribution is 2.23. The van der Waals surface area contributed by atoms with Gasteiger partial charge in [-0.1, -0.05) is 6.07 Å². The molecule has 0 radical (unpaired) electrons. The van der Waals surface area contributed by atoms with Gasteiger partial charge < -0.3 is 10.0 Å². The van der Waals surface area contributed by atoms with Crippen LogP contribution in [-0.2, 0) is 0 Å². The summed E-state index contributed by atoms with van der Waals surface area (Å²) in [5, 5.41) is 9.04. The highest BCUT2D eigenvalue weighted by molar-refractivity contribution is 6.21. The predicted molar refractivity (Wildman–Crippen MR) is 59.9 cm³/mol. The molecule has 1 unspecified atom stereocenters. The largest absolute Gasteiger partial charge is 0.478 e. The summed E-state index contributed by atoms with van der Waals surface area (Å²) in [6.07, 6.45) is 0.957. The Bertz CT molecular complexity index is 381. The van der Waals surface area contributed by atoms with Crippen molar-refractivity contribution < 1.29 is 9.90 Å². The number of nitrogens with zero attached hydrogens (tertiary/aromatic N) is 1. The minimum absolute atomic E-state index is 0.179. The molecule has 0 bridgehead atoms. The SMILES string of the molecule is O=C(O)c1cccc(N2CCC(Cl)C2)c1. The second kappa shape index (κ2) is 4.11. The maximum Gasteiger partial charge on any atom is 0.335 e. The van der Waals surface area contributed by atoms with Gasteiger partial charge in [-0.2, -0.15) is 0 Å². The van der Waals surface area contributed by atoms with E-state index >= 15 is 0 Å². The predicted octanol–water partition coefficient (Wildman–Crippen LogP) is 2.20. The van der Waals surface area contributed by atoms with E-state index in [0.717, 1.165) is 25.2 Å². The Labute approximate surface area is 93.3 Å². The van der Waals surface area contributed by atoms with E-state index in [1.807, 2.05) is 6.07 Å². The summed E-state index contributed by atoms with van der Waals surface area (Å²) in [6.45, 7) is 1.70. The van der Waals surface area contributed by atoms with Crippen molar-refractivity contribution in [3.8, 4) is 0 Å². The van der Waals surface area contributed by atoms with Gasteiger partial charge in [0.05, 0.1) is 10.9 Å². The van der Waals surface area contributed by atoms with E-state index in [2.05, 4.69) is 4.90 Å². The zero-order valence-corrected chi connectivity index (χ0v) is 8.94. The van der Waals surface area contributed by atoms with Crippen LogP contribution in [0.3, 0.4) is 0 Å². The fraction of sp³-hybridized carbons (Fsp3) is 0.364. The van der Waals surface area contributed by atoms with Crippen molar-refractivity contribution in [1.82, 2.24) is 0 Å². The molecule has 1 saturated heterocycles. The number of hydrogen-bond donors (Lipinski definition) is 1. The van der Waals surface area contributed by atoms with Crippen LogP contribution in [-0.4, -0.2) is 29.5 Å². The molecule has 15 heavy (non-hydrogen) atoms. The van der Waals surface area contributed by atoms with Gasteiger partial charge in [0.15, 0.2) is 0 Å². The lowest BCUT2D eigenvalue weighted by Gasteiger charge is -2.17. The molecule has 1 aromatic rings. The molecule has 1 fully saturated rings. The molecule has 0 aliphatic carbocycles. The first-order valence-electron chi connectivity index (χ1n) is 4.89. The minimum atomic E-state index is -0.890. The molecule has 1 N–H and O–H groups in total. The highest BCUT2D eigenvalue weighted by atomic mass is 35.5. The molecule has 1 aliphatic heterocycles. The van der Waals surface area contributed by atoms with E-state index < -0.39 is 5.97 Å². The number of carbonyl (C=O) groups is 1. The molecule has 0 spiro atoms. The van der Waals surface area contributed by atoms with Crippen LogP contribution in [0, 0.1) is 0 Å². The van der Waals surface area contributed by atoms with Gasteiger partial charge in [-0.25, -0.2) is 4.79 Å². The summed E-state index contributed by atoms with van der Waals surface area (Å²) in [7, 11) is 0. The first kappa shape index (κ1) is 10.3. The zero-order valence-electron chi connectivity index (χ0n) is 8.19. The standard InChI is InChI=1S/C11H12ClNO2/c12-9-4-5-13(7-9)10-3-1-2-8(6-10)11(14)15/h1-3,6,9H,4-5,7H2,(H,14,15). The fourth-order valence-corrected chi connectivity index (χ4v) is 2.05. The lowest BCUT2D eigenvalue weighted by Crippen LogP contribution is -2.19. The van der Waals surface area contributed by atoms with Crippen molar-refractivity contribution in [3.05, 3.63) is 29.8 Å². The second-order valence-electron chi connectivity index (χ2n) is 3.69. The van der Waals surface area contributed by atoms with Gasteiger partial charge in [0.1, 0.15) is 0 Å². The lowest BCUT2D eigenvalue weighted by atomic mass is 10.2. The summed E-state index contributed by atoms with van der Waals surface area (Å²) in [6, 6.07) is 6.97. The van der Waals surface area contributed by atoms with Crippen LogP contribution in [0.5, 0.6) is 0 Å². The molecule has 1 heterocycles. The molecule has 80 valence electrons. The quantitative estimate of drug-likeness (QED) is 0.785. The average molecular weight is 226 g/mol. The number of carboxylic acids is 1. The van der Waals surface area contributed by atoms with Crippen molar-refractivity contribution in [3.63, 3.8) is 0 Å². The third kappa shape index (κ3) is 2.23. The molecule has 3 nitrogen and oxygen atoms in total. The van der Waals surface area contributed by atoms with Crippen molar-refractivity contribution in [2.24, 2.45) is 0 Å². The second-order valence-corrected chi connectivity index (χ2v) is 4.30. The van der Waals surface area contributed by atoms with Crippen molar-refractivity contribution in [1.29, 1.82) is 0 Å². The van der Waals surface area contributed by atoms with Crippen LogP contribution in [0.4, 0.5) is 5.69 Å². The van der Waals surface area contributed by atoms with E-state index in [1.54, 1.807) is 18.2 Å². The smallest absolute Gasteiger partial charge is 0.335 e. The number of anilines is 1. The Morgan fingerprint density at radius 1 is 1.53 bits per heavy atom. The zero-order chi connectivity index (χ0) is 10.8.